The number of hydrogen-bond donors (Lipinski definition) is 3. The van der Waals surface area contributed by atoms with Gasteiger partial charge in [0.25, 0.3) is 0 Å². The normalized spacial score (nSPS) is 28.2. The minimum absolute atomic E-state index is 0.0213. The van der Waals surface area contributed by atoms with E-state index in [2.05, 4.69) is 0 Å². The number of phenols is 1. The van der Waals surface area contributed by atoms with Crippen LogP contribution in [0.5, 0.6) is 5.75 Å². The highest BCUT2D eigenvalue weighted by Crippen LogP contribution is 2.41. The highest BCUT2D eigenvalue weighted by molar-refractivity contribution is 5.67. The van der Waals surface area contributed by atoms with Crippen molar-refractivity contribution in [1.82, 2.24) is 0 Å². The number of aromatic hydroxyl groups is 1. The van der Waals surface area contributed by atoms with Crippen LogP contribution in [-0.2, 0) is 4.79 Å². The molecule has 3 unspecified atom stereocenters. The molecule has 1 fully saturated rings. The minimum Gasteiger partial charge on any atom is -0.508 e. The molecule has 3 atom stereocenters. The Morgan fingerprint density at radius 3 is 2.47 bits per heavy atom. The van der Waals surface area contributed by atoms with Gasteiger partial charge in [0.05, 0.1) is 6.10 Å². The number of phenolic OH excluding ortho intramolecular Hbond substituents is 1. The monoisotopic (exact) mass is 236 g/mol. The number of benzene rings is 1. The lowest BCUT2D eigenvalue weighted by molar-refractivity contribution is -0.138. The smallest absolute Gasteiger partial charge is 0.303 e. The van der Waals surface area contributed by atoms with Crippen molar-refractivity contribution in [3.63, 3.8) is 0 Å². The van der Waals surface area contributed by atoms with Gasteiger partial charge in [0.15, 0.2) is 0 Å². The van der Waals surface area contributed by atoms with Crippen molar-refractivity contribution in [2.24, 2.45) is 5.92 Å². The van der Waals surface area contributed by atoms with Crippen molar-refractivity contribution in [2.75, 3.05) is 0 Å². The zero-order chi connectivity index (χ0) is 12.4. The average Bonchev–Trinajstić information content (AvgIpc) is 2.61. The molecule has 17 heavy (non-hydrogen) atoms. The third-order valence-corrected chi connectivity index (χ3v) is 3.47. The molecule has 2 rings (SSSR count). The molecule has 1 aromatic carbocycles. The number of aliphatic hydroxyl groups is 1. The Morgan fingerprint density at radius 2 is 1.88 bits per heavy atom. The number of aliphatic hydroxyl groups excluding tert-OH is 1. The summed E-state index contributed by atoms with van der Waals surface area (Å²) in [5, 5.41) is 28.0. The third kappa shape index (κ3) is 2.58. The maximum Gasteiger partial charge on any atom is 0.303 e. The lowest BCUT2D eigenvalue weighted by atomic mass is 9.86. The average molecular weight is 236 g/mol. The number of rotatable bonds is 3. The van der Waals surface area contributed by atoms with Crippen LogP contribution in [0.25, 0.3) is 0 Å². The van der Waals surface area contributed by atoms with E-state index < -0.39 is 12.1 Å². The van der Waals surface area contributed by atoms with E-state index in [9.17, 15) is 15.0 Å². The molecule has 0 spiro atoms. The van der Waals surface area contributed by atoms with Gasteiger partial charge in [-0.15, -0.1) is 0 Å². The van der Waals surface area contributed by atoms with Gasteiger partial charge in [0.2, 0.25) is 0 Å². The summed E-state index contributed by atoms with van der Waals surface area (Å²) in [7, 11) is 0. The Labute approximate surface area is 99.5 Å². The Morgan fingerprint density at radius 1 is 1.24 bits per heavy atom. The van der Waals surface area contributed by atoms with E-state index in [1.54, 1.807) is 24.3 Å². The molecule has 3 N–H and O–H groups in total. The Hall–Kier alpha value is -1.55. The zero-order valence-corrected chi connectivity index (χ0v) is 9.41. The lowest BCUT2D eigenvalue weighted by Gasteiger charge is -2.21. The quantitative estimate of drug-likeness (QED) is 0.746. The zero-order valence-electron chi connectivity index (χ0n) is 9.41. The Kier molecular flexibility index (Phi) is 3.33. The molecular weight excluding hydrogens is 220 g/mol. The van der Waals surface area contributed by atoms with Crippen LogP contribution in [0.4, 0.5) is 0 Å². The van der Waals surface area contributed by atoms with Gasteiger partial charge in [-0.1, -0.05) is 12.1 Å². The van der Waals surface area contributed by atoms with Gasteiger partial charge in [0, 0.05) is 12.3 Å². The maximum atomic E-state index is 10.8. The Bertz CT molecular complexity index is 398. The number of carboxylic acids is 1. The summed E-state index contributed by atoms with van der Waals surface area (Å²) in [6.45, 7) is 0. The first-order valence-corrected chi connectivity index (χ1v) is 5.76. The Balaban J connectivity index is 2.21. The first-order valence-electron chi connectivity index (χ1n) is 5.76. The SMILES string of the molecule is O=C(O)CC1CCC(O)C1c1ccc(O)cc1. The molecule has 0 bridgehead atoms. The molecule has 0 amide bonds. The van der Waals surface area contributed by atoms with Gasteiger partial charge in [-0.25, -0.2) is 0 Å². The molecule has 1 saturated carbocycles. The standard InChI is InChI=1S/C13H16O4/c14-10-4-1-8(2-5-10)13-9(7-12(16)17)3-6-11(13)15/h1-2,4-5,9,11,13-15H,3,6-7H2,(H,16,17). The van der Waals surface area contributed by atoms with Crippen LogP contribution < -0.4 is 0 Å². The molecule has 4 nitrogen and oxygen atoms in total. The first kappa shape index (κ1) is 11.9. The summed E-state index contributed by atoms with van der Waals surface area (Å²) < 4.78 is 0. The van der Waals surface area contributed by atoms with Crippen molar-refractivity contribution in [2.45, 2.75) is 31.3 Å². The summed E-state index contributed by atoms with van der Waals surface area (Å²) in [6.07, 6.45) is 0.981. The highest BCUT2D eigenvalue weighted by Gasteiger charge is 2.36. The lowest BCUT2D eigenvalue weighted by Crippen LogP contribution is -2.19. The minimum atomic E-state index is -0.826. The van der Waals surface area contributed by atoms with E-state index in [4.69, 9.17) is 5.11 Å². The molecule has 0 saturated heterocycles. The third-order valence-electron chi connectivity index (χ3n) is 3.47. The van der Waals surface area contributed by atoms with Gasteiger partial charge in [-0.3, -0.25) is 4.79 Å². The summed E-state index contributed by atoms with van der Waals surface area (Å²) in [4.78, 5) is 10.8. The highest BCUT2D eigenvalue weighted by atomic mass is 16.4. The second-order valence-corrected chi connectivity index (χ2v) is 4.62. The predicted molar refractivity (Wildman–Crippen MR) is 61.8 cm³/mol. The molecule has 0 aromatic heterocycles. The van der Waals surface area contributed by atoms with Gasteiger partial charge >= 0.3 is 5.97 Å². The van der Waals surface area contributed by atoms with E-state index >= 15 is 0 Å². The van der Waals surface area contributed by atoms with Gasteiger partial charge in [0.1, 0.15) is 5.75 Å². The molecule has 0 radical (unpaired) electrons. The fourth-order valence-corrected chi connectivity index (χ4v) is 2.70. The van der Waals surface area contributed by atoms with Gasteiger partial charge in [-0.2, -0.15) is 0 Å². The molecule has 1 aliphatic carbocycles. The van der Waals surface area contributed by atoms with Crippen LogP contribution in [0.2, 0.25) is 0 Å². The van der Waals surface area contributed by atoms with E-state index in [1.165, 1.54) is 0 Å². The van der Waals surface area contributed by atoms with Crippen LogP contribution in [0.1, 0.15) is 30.7 Å². The molecule has 1 aromatic rings. The second kappa shape index (κ2) is 4.75. The summed E-state index contributed by atoms with van der Waals surface area (Å²) in [6, 6.07) is 6.64. The van der Waals surface area contributed by atoms with Crippen LogP contribution in [0.15, 0.2) is 24.3 Å². The van der Waals surface area contributed by atoms with E-state index in [0.29, 0.717) is 6.42 Å². The van der Waals surface area contributed by atoms with Crippen molar-refractivity contribution in [3.05, 3.63) is 29.8 Å². The maximum absolute atomic E-state index is 10.8. The first-order chi connectivity index (χ1) is 8.08. The largest absolute Gasteiger partial charge is 0.508 e. The van der Waals surface area contributed by atoms with E-state index in [0.717, 1.165) is 12.0 Å². The van der Waals surface area contributed by atoms with E-state index in [1.807, 2.05) is 0 Å². The van der Waals surface area contributed by atoms with Crippen LogP contribution in [0, 0.1) is 5.92 Å². The fraction of sp³-hybridized carbons (Fsp3) is 0.462. The molecule has 4 heteroatoms. The van der Waals surface area contributed by atoms with Crippen molar-refractivity contribution < 1.29 is 20.1 Å². The molecule has 0 heterocycles. The number of aliphatic carboxylic acids is 1. The number of carboxylic acid groups (broad SMARTS) is 1. The molecule has 1 aliphatic rings. The number of hydrogen-bond acceptors (Lipinski definition) is 3. The van der Waals surface area contributed by atoms with Crippen LogP contribution >= 0.6 is 0 Å². The topological polar surface area (TPSA) is 77.8 Å². The van der Waals surface area contributed by atoms with Crippen molar-refractivity contribution >= 4 is 5.97 Å². The second-order valence-electron chi connectivity index (χ2n) is 4.62. The summed E-state index contributed by atoms with van der Waals surface area (Å²) in [5.74, 6) is -0.803. The van der Waals surface area contributed by atoms with Crippen molar-refractivity contribution in [3.8, 4) is 5.75 Å². The molecule has 92 valence electrons. The van der Waals surface area contributed by atoms with Gasteiger partial charge in [-0.05, 0) is 36.5 Å². The van der Waals surface area contributed by atoms with Crippen LogP contribution in [-0.4, -0.2) is 27.4 Å². The summed E-state index contributed by atoms with van der Waals surface area (Å²) in [5.41, 5.74) is 0.902. The van der Waals surface area contributed by atoms with E-state index in [-0.39, 0.29) is 24.0 Å². The predicted octanol–water partition coefficient (Wildman–Crippen LogP) is 1.72. The fourth-order valence-electron chi connectivity index (χ4n) is 2.70. The van der Waals surface area contributed by atoms with Crippen molar-refractivity contribution in [1.29, 1.82) is 0 Å². The summed E-state index contributed by atoms with van der Waals surface area (Å²) >= 11 is 0. The van der Waals surface area contributed by atoms with Gasteiger partial charge < -0.3 is 15.3 Å². The molecule has 0 aliphatic heterocycles. The number of carbonyl (C=O) groups is 1. The molecular formula is C13H16O4. The van der Waals surface area contributed by atoms with Crippen LogP contribution in [0.3, 0.4) is 0 Å².